The van der Waals surface area contributed by atoms with Crippen LogP contribution < -0.4 is 5.32 Å². The van der Waals surface area contributed by atoms with E-state index in [1.807, 2.05) is 30.3 Å². The van der Waals surface area contributed by atoms with Crippen molar-refractivity contribution in [3.05, 3.63) is 70.9 Å². The monoisotopic (exact) mass is 346 g/mol. The highest BCUT2D eigenvalue weighted by Gasteiger charge is 2.04. The van der Waals surface area contributed by atoms with Gasteiger partial charge in [0, 0.05) is 27.8 Å². The first-order chi connectivity index (χ1) is 10.2. The highest BCUT2D eigenvalue weighted by Crippen LogP contribution is 2.21. The summed E-state index contributed by atoms with van der Waals surface area (Å²) in [4.78, 5) is 3.89. The molecule has 0 unspecified atom stereocenters. The molecule has 1 N–H and O–H groups in total. The van der Waals surface area contributed by atoms with Crippen LogP contribution in [0, 0.1) is 5.82 Å². The van der Waals surface area contributed by atoms with Crippen LogP contribution in [-0.2, 0) is 6.54 Å². The Hall–Kier alpha value is -2.14. The van der Waals surface area contributed by atoms with Gasteiger partial charge in [-0.25, -0.2) is 9.37 Å². The lowest BCUT2D eigenvalue weighted by atomic mass is 10.1. The van der Waals surface area contributed by atoms with Gasteiger partial charge in [-0.2, -0.15) is 0 Å². The third kappa shape index (κ3) is 3.31. The maximum Gasteiger partial charge on any atom is 0.181 e. The Morgan fingerprint density at radius 3 is 2.62 bits per heavy atom. The Bertz CT molecular complexity index is 727. The van der Waals surface area contributed by atoms with Crippen molar-refractivity contribution < 1.29 is 8.81 Å². The van der Waals surface area contributed by atoms with Gasteiger partial charge in [-0.15, -0.1) is 0 Å². The van der Waals surface area contributed by atoms with Crippen molar-refractivity contribution >= 4 is 21.6 Å². The fourth-order valence-electron chi connectivity index (χ4n) is 1.97. The summed E-state index contributed by atoms with van der Waals surface area (Å²) in [5, 5.41) is 3.19. The lowest BCUT2D eigenvalue weighted by Crippen LogP contribution is -2.01. The molecule has 5 heteroatoms. The highest BCUT2D eigenvalue weighted by molar-refractivity contribution is 9.10. The topological polar surface area (TPSA) is 38.1 Å². The SMILES string of the molecule is Fc1cc(Br)ccc1CNc1ccc(-c2cnco2)cc1. The molecule has 0 aliphatic carbocycles. The second-order valence-corrected chi connectivity index (χ2v) is 5.45. The standard InChI is InChI=1S/C16H12BrFN2O/c17-13-4-1-12(15(18)7-13)8-20-14-5-2-11(3-6-14)16-9-19-10-21-16/h1-7,9-10,20H,8H2. The summed E-state index contributed by atoms with van der Waals surface area (Å²) in [6.07, 6.45) is 3.07. The average molecular weight is 347 g/mol. The van der Waals surface area contributed by atoms with Gasteiger partial charge in [0.1, 0.15) is 5.82 Å². The van der Waals surface area contributed by atoms with E-state index in [1.165, 1.54) is 12.5 Å². The van der Waals surface area contributed by atoms with Crippen LogP contribution in [0.2, 0.25) is 0 Å². The third-order valence-corrected chi connectivity index (χ3v) is 3.59. The van der Waals surface area contributed by atoms with Gasteiger partial charge >= 0.3 is 0 Å². The molecule has 0 saturated heterocycles. The maximum atomic E-state index is 13.7. The molecule has 21 heavy (non-hydrogen) atoms. The number of hydrogen-bond acceptors (Lipinski definition) is 3. The Morgan fingerprint density at radius 2 is 1.95 bits per heavy atom. The van der Waals surface area contributed by atoms with Crippen LogP contribution in [0.25, 0.3) is 11.3 Å². The fourth-order valence-corrected chi connectivity index (χ4v) is 2.31. The first kappa shape index (κ1) is 13.8. The molecule has 3 rings (SSSR count). The van der Waals surface area contributed by atoms with Crippen molar-refractivity contribution in [3.8, 4) is 11.3 Å². The second-order valence-electron chi connectivity index (χ2n) is 4.53. The summed E-state index contributed by atoms with van der Waals surface area (Å²) in [5.74, 6) is 0.496. The van der Waals surface area contributed by atoms with Crippen molar-refractivity contribution in [2.75, 3.05) is 5.32 Å². The molecule has 0 amide bonds. The minimum atomic E-state index is -0.227. The van der Waals surface area contributed by atoms with Gasteiger partial charge in [0.15, 0.2) is 12.2 Å². The molecule has 1 heterocycles. The number of nitrogens with zero attached hydrogens (tertiary/aromatic N) is 1. The Kier molecular flexibility index (Phi) is 4.01. The number of hydrogen-bond donors (Lipinski definition) is 1. The molecule has 3 aromatic rings. The predicted octanol–water partition coefficient (Wildman–Crippen LogP) is 4.86. The number of benzene rings is 2. The molecule has 0 aliphatic heterocycles. The van der Waals surface area contributed by atoms with E-state index in [-0.39, 0.29) is 5.82 Å². The zero-order valence-electron chi connectivity index (χ0n) is 11.0. The molecule has 2 aromatic carbocycles. The minimum Gasteiger partial charge on any atom is -0.444 e. The summed E-state index contributed by atoms with van der Waals surface area (Å²) >= 11 is 3.24. The fraction of sp³-hybridized carbons (Fsp3) is 0.0625. The molecule has 0 fully saturated rings. The lowest BCUT2D eigenvalue weighted by Gasteiger charge is -2.08. The van der Waals surface area contributed by atoms with E-state index >= 15 is 0 Å². The Labute approximate surface area is 130 Å². The van der Waals surface area contributed by atoms with Crippen molar-refractivity contribution in [2.45, 2.75) is 6.54 Å². The smallest absolute Gasteiger partial charge is 0.181 e. The van der Waals surface area contributed by atoms with Gasteiger partial charge in [0.25, 0.3) is 0 Å². The summed E-state index contributed by atoms with van der Waals surface area (Å²) in [6.45, 7) is 0.431. The van der Waals surface area contributed by atoms with Gasteiger partial charge in [-0.05, 0) is 36.4 Å². The first-order valence-electron chi connectivity index (χ1n) is 6.39. The zero-order chi connectivity index (χ0) is 14.7. The number of oxazole rings is 1. The minimum absolute atomic E-state index is 0.227. The summed E-state index contributed by atoms with van der Waals surface area (Å²) in [7, 11) is 0. The van der Waals surface area contributed by atoms with Crippen molar-refractivity contribution in [3.63, 3.8) is 0 Å². The first-order valence-corrected chi connectivity index (χ1v) is 7.18. The number of aromatic nitrogens is 1. The molecule has 1 aromatic heterocycles. The van der Waals surface area contributed by atoms with Crippen molar-refractivity contribution in [1.82, 2.24) is 4.98 Å². The summed E-state index contributed by atoms with van der Waals surface area (Å²) in [6, 6.07) is 12.8. The van der Waals surface area contributed by atoms with E-state index in [2.05, 4.69) is 26.2 Å². The molecule has 0 radical (unpaired) electrons. The van der Waals surface area contributed by atoms with Crippen LogP contribution in [0.1, 0.15) is 5.56 Å². The Morgan fingerprint density at radius 1 is 1.14 bits per heavy atom. The molecule has 0 aliphatic rings. The number of nitrogens with one attached hydrogen (secondary N) is 1. The summed E-state index contributed by atoms with van der Waals surface area (Å²) < 4.78 is 19.7. The van der Waals surface area contributed by atoms with Crippen LogP contribution in [0.5, 0.6) is 0 Å². The maximum absolute atomic E-state index is 13.7. The second kappa shape index (κ2) is 6.10. The predicted molar refractivity (Wildman–Crippen MR) is 83.4 cm³/mol. The average Bonchev–Trinajstić information content (AvgIpc) is 3.01. The molecule has 0 saturated carbocycles. The van der Waals surface area contributed by atoms with Crippen LogP contribution in [0.4, 0.5) is 10.1 Å². The molecule has 106 valence electrons. The van der Waals surface area contributed by atoms with Crippen molar-refractivity contribution in [2.24, 2.45) is 0 Å². The van der Waals surface area contributed by atoms with Gasteiger partial charge in [-0.3, -0.25) is 0 Å². The third-order valence-electron chi connectivity index (χ3n) is 3.10. The molecular weight excluding hydrogens is 335 g/mol. The molecule has 0 atom stereocenters. The van der Waals surface area contributed by atoms with Gasteiger partial charge in [0.2, 0.25) is 0 Å². The zero-order valence-corrected chi connectivity index (χ0v) is 12.6. The lowest BCUT2D eigenvalue weighted by molar-refractivity contribution is 0.572. The number of rotatable bonds is 4. The van der Waals surface area contributed by atoms with E-state index in [0.29, 0.717) is 12.1 Å². The van der Waals surface area contributed by atoms with Crippen LogP contribution in [0.15, 0.2) is 63.9 Å². The molecule has 3 nitrogen and oxygen atoms in total. The molecule has 0 bridgehead atoms. The quantitative estimate of drug-likeness (QED) is 0.733. The summed E-state index contributed by atoms with van der Waals surface area (Å²) in [5.41, 5.74) is 2.49. The van der Waals surface area contributed by atoms with Crippen LogP contribution >= 0.6 is 15.9 Å². The van der Waals surface area contributed by atoms with Gasteiger partial charge in [0.05, 0.1) is 6.20 Å². The van der Waals surface area contributed by atoms with Crippen molar-refractivity contribution in [1.29, 1.82) is 0 Å². The highest BCUT2D eigenvalue weighted by atomic mass is 79.9. The van der Waals surface area contributed by atoms with E-state index in [4.69, 9.17) is 4.42 Å². The largest absolute Gasteiger partial charge is 0.444 e. The van der Waals surface area contributed by atoms with E-state index in [1.54, 1.807) is 12.3 Å². The molecular formula is C16H12BrFN2O. The Balaban J connectivity index is 1.68. The van der Waals surface area contributed by atoms with E-state index in [9.17, 15) is 4.39 Å². The normalized spacial score (nSPS) is 10.6. The number of anilines is 1. The van der Waals surface area contributed by atoms with Crippen LogP contribution in [-0.4, -0.2) is 4.98 Å². The van der Waals surface area contributed by atoms with E-state index < -0.39 is 0 Å². The van der Waals surface area contributed by atoms with Gasteiger partial charge < -0.3 is 9.73 Å². The molecule has 0 spiro atoms. The van der Waals surface area contributed by atoms with E-state index in [0.717, 1.165) is 21.5 Å². The number of halogens is 2. The van der Waals surface area contributed by atoms with Crippen LogP contribution in [0.3, 0.4) is 0 Å². The van der Waals surface area contributed by atoms with Gasteiger partial charge in [-0.1, -0.05) is 22.0 Å².